The Morgan fingerprint density at radius 2 is 1.66 bits per heavy atom. The van der Waals surface area contributed by atoms with Crippen LogP contribution in [0, 0.1) is 0 Å². The Morgan fingerprint density at radius 3 is 2.21 bits per heavy atom. The van der Waals surface area contributed by atoms with Crippen LogP contribution in [0.3, 0.4) is 0 Å². The van der Waals surface area contributed by atoms with Crippen molar-refractivity contribution in [1.82, 2.24) is 5.32 Å². The first kappa shape index (κ1) is 27.8. The van der Waals surface area contributed by atoms with Gasteiger partial charge < -0.3 is 28.7 Å². The summed E-state index contributed by atoms with van der Waals surface area (Å²) in [5.74, 6) is -0.490. The van der Waals surface area contributed by atoms with Crippen molar-refractivity contribution in [2.45, 2.75) is 64.6 Å². The SMILES string of the molecule is C=C(C)C(=O)OCCNC(=O)OCCOCCC[Si](C)(C)OC(C)(C)[Si](C)(C)O. The number of esters is 1. The lowest BCUT2D eigenvalue weighted by Crippen LogP contribution is -2.57. The van der Waals surface area contributed by atoms with Crippen LogP contribution in [0.1, 0.15) is 27.2 Å². The summed E-state index contributed by atoms with van der Waals surface area (Å²) in [4.78, 5) is 33.0. The summed E-state index contributed by atoms with van der Waals surface area (Å²) in [5, 5.41) is 2.00. The Balaban J connectivity index is 3.80. The van der Waals surface area contributed by atoms with Crippen LogP contribution in [0.15, 0.2) is 12.2 Å². The second-order valence-electron chi connectivity index (χ2n) is 8.63. The first-order chi connectivity index (χ1) is 13.2. The lowest BCUT2D eigenvalue weighted by Gasteiger charge is -2.41. The molecule has 0 aliphatic rings. The van der Waals surface area contributed by atoms with Crippen molar-refractivity contribution in [3.8, 4) is 0 Å². The predicted octanol–water partition coefficient (Wildman–Crippen LogP) is 2.98. The van der Waals surface area contributed by atoms with Gasteiger partial charge in [0, 0.05) is 12.2 Å². The van der Waals surface area contributed by atoms with Gasteiger partial charge in [0.2, 0.25) is 8.32 Å². The van der Waals surface area contributed by atoms with E-state index in [1.54, 1.807) is 6.92 Å². The van der Waals surface area contributed by atoms with Crippen LogP contribution < -0.4 is 5.32 Å². The van der Waals surface area contributed by atoms with Crippen molar-refractivity contribution >= 4 is 28.7 Å². The summed E-state index contributed by atoms with van der Waals surface area (Å²) in [5.41, 5.74) is 0.310. The van der Waals surface area contributed by atoms with Gasteiger partial charge in [-0.05, 0) is 59.4 Å². The van der Waals surface area contributed by atoms with Crippen molar-refractivity contribution in [2.75, 3.05) is 33.0 Å². The molecule has 2 N–H and O–H groups in total. The molecule has 0 aromatic heterocycles. The number of hydrogen-bond acceptors (Lipinski definition) is 7. The highest BCUT2D eigenvalue weighted by atomic mass is 28.4. The minimum atomic E-state index is -2.40. The molecule has 0 aromatic rings. The second-order valence-corrected chi connectivity index (χ2v) is 17.2. The molecule has 0 bridgehead atoms. The van der Waals surface area contributed by atoms with Crippen molar-refractivity contribution in [3.05, 3.63) is 12.2 Å². The van der Waals surface area contributed by atoms with E-state index in [0.717, 1.165) is 12.5 Å². The fraction of sp³-hybridized carbons (Fsp3) is 0.789. The molecule has 8 nitrogen and oxygen atoms in total. The molecule has 10 heteroatoms. The van der Waals surface area contributed by atoms with Crippen LogP contribution in [0.5, 0.6) is 0 Å². The molecule has 1 amide bonds. The number of rotatable bonds is 14. The first-order valence-corrected chi connectivity index (χ1v) is 16.0. The van der Waals surface area contributed by atoms with Gasteiger partial charge in [0.05, 0.1) is 18.4 Å². The van der Waals surface area contributed by atoms with E-state index in [1.165, 1.54) is 0 Å². The van der Waals surface area contributed by atoms with Crippen molar-refractivity contribution in [2.24, 2.45) is 0 Å². The Morgan fingerprint density at radius 1 is 1.03 bits per heavy atom. The van der Waals surface area contributed by atoms with Gasteiger partial charge in [-0.2, -0.15) is 0 Å². The zero-order chi connectivity index (χ0) is 22.7. The van der Waals surface area contributed by atoms with E-state index >= 15 is 0 Å². The highest BCUT2D eigenvalue weighted by molar-refractivity contribution is 6.76. The topological polar surface area (TPSA) is 103 Å². The standard InChI is InChI=1S/C19H39NO7Si2/c1-16(2)17(21)25-12-10-20-18(22)26-14-13-24-11-9-15-28(5,6)27-19(3,4)29(7,8)23/h23H,1,9-15H2,2-8H3,(H,20,22). The van der Waals surface area contributed by atoms with E-state index in [4.69, 9.17) is 18.6 Å². The summed E-state index contributed by atoms with van der Waals surface area (Å²) in [6.07, 6.45) is 0.267. The minimum absolute atomic E-state index is 0.0613. The molecule has 170 valence electrons. The van der Waals surface area contributed by atoms with Crippen molar-refractivity contribution < 1.29 is 33.0 Å². The van der Waals surface area contributed by atoms with E-state index in [2.05, 4.69) is 25.0 Å². The molecule has 0 unspecified atom stereocenters. The molecule has 0 aliphatic heterocycles. The highest BCUT2D eigenvalue weighted by Gasteiger charge is 2.43. The number of amides is 1. The maximum Gasteiger partial charge on any atom is 0.407 e. The summed E-state index contributed by atoms with van der Waals surface area (Å²) < 4.78 is 21.6. The van der Waals surface area contributed by atoms with Gasteiger partial charge in [-0.1, -0.05) is 6.58 Å². The molecule has 0 heterocycles. The van der Waals surface area contributed by atoms with E-state index in [-0.39, 0.29) is 19.8 Å². The summed E-state index contributed by atoms with van der Waals surface area (Å²) in [7, 11) is -4.31. The van der Waals surface area contributed by atoms with Gasteiger partial charge in [0.1, 0.15) is 13.2 Å². The summed E-state index contributed by atoms with van der Waals surface area (Å²) >= 11 is 0. The quantitative estimate of drug-likeness (QED) is 0.182. The third kappa shape index (κ3) is 12.9. The maximum atomic E-state index is 11.5. The van der Waals surface area contributed by atoms with Gasteiger partial charge in [-0.3, -0.25) is 0 Å². The lowest BCUT2D eigenvalue weighted by molar-refractivity contribution is -0.138. The average molecular weight is 450 g/mol. The molecular weight excluding hydrogens is 410 g/mol. The minimum Gasteiger partial charge on any atom is -0.460 e. The monoisotopic (exact) mass is 449 g/mol. The number of carbonyl (C=O) groups is 2. The smallest absolute Gasteiger partial charge is 0.407 e. The lowest BCUT2D eigenvalue weighted by atomic mass is 10.4. The molecule has 0 fully saturated rings. The normalized spacial score (nSPS) is 12.4. The molecule has 0 aromatic carbocycles. The Bertz CT molecular complexity index is 545. The number of carbonyl (C=O) groups excluding carboxylic acids is 2. The van der Waals surface area contributed by atoms with Crippen LogP contribution in [-0.2, 0) is 23.4 Å². The van der Waals surface area contributed by atoms with Crippen LogP contribution >= 0.6 is 0 Å². The molecule has 0 saturated carbocycles. The van der Waals surface area contributed by atoms with Crippen molar-refractivity contribution in [1.29, 1.82) is 0 Å². The Hall–Kier alpha value is -1.21. The Labute approximate surface area is 177 Å². The van der Waals surface area contributed by atoms with E-state index < -0.39 is 33.9 Å². The zero-order valence-electron chi connectivity index (χ0n) is 19.1. The molecule has 0 radical (unpaired) electrons. The number of hydrogen-bond donors (Lipinski definition) is 2. The van der Waals surface area contributed by atoms with E-state index in [1.807, 2.05) is 26.9 Å². The van der Waals surface area contributed by atoms with Crippen LogP contribution in [-0.4, -0.2) is 71.7 Å². The first-order valence-electron chi connectivity index (χ1n) is 9.91. The fourth-order valence-electron chi connectivity index (χ4n) is 2.23. The third-order valence-electron chi connectivity index (χ3n) is 4.49. The van der Waals surface area contributed by atoms with Gasteiger partial charge in [-0.15, -0.1) is 0 Å². The van der Waals surface area contributed by atoms with E-state index in [9.17, 15) is 14.4 Å². The van der Waals surface area contributed by atoms with Crippen molar-refractivity contribution in [3.63, 3.8) is 0 Å². The summed E-state index contributed by atoms with van der Waals surface area (Å²) in [6, 6.07) is 0.922. The molecule has 0 saturated heterocycles. The van der Waals surface area contributed by atoms with Gasteiger partial charge >= 0.3 is 12.1 Å². The Kier molecular flexibility index (Phi) is 12.0. The zero-order valence-corrected chi connectivity index (χ0v) is 21.1. The third-order valence-corrected chi connectivity index (χ3v) is 10.4. The molecule has 0 atom stereocenters. The van der Waals surface area contributed by atoms with E-state index in [0.29, 0.717) is 18.8 Å². The number of alkyl carbamates (subject to hydrolysis) is 1. The number of ether oxygens (including phenoxy) is 3. The van der Waals surface area contributed by atoms with Crippen LogP contribution in [0.2, 0.25) is 32.2 Å². The van der Waals surface area contributed by atoms with Gasteiger partial charge in [0.15, 0.2) is 8.32 Å². The summed E-state index contributed by atoms with van der Waals surface area (Å²) in [6.45, 7) is 18.3. The average Bonchev–Trinajstić information content (AvgIpc) is 2.55. The second kappa shape index (κ2) is 12.5. The molecular formula is C19H39NO7Si2. The van der Waals surface area contributed by atoms with Gasteiger partial charge in [-0.25, -0.2) is 9.59 Å². The molecule has 29 heavy (non-hydrogen) atoms. The largest absolute Gasteiger partial charge is 0.460 e. The highest BCUT2D eigenvalue weighted by Crippen LogP contribution is 2.28. The number of nitrogens with one attached hydrogen (secondary N) is 1. The van der Waals surface area contributed by atoms with Crippen LogP contribution in [0.4, 0.5) is 4.79 Å². The fourth-order valence-corrected chi connectivity index (χ4v) is 6.54. The maximum absolute atomic E-state index is 11.5. The predicted molar refractivity (Wildman–Crippen MR) is 118 cm³/mol. The molecule has 0 aliphatic carbocycles. The van der Waals surface area contributed by atoms with Crippen LogP contribution in [0.25, 0.3) is 0 Å². The van der Waals surface area contributed by atoms with Gasteiger partial charge in [0.25, 0.3) is 0 Å². The molecule has 0 rings (SSSR count). The molecule has 0 spiro atoms.